The lowest BCUT2D eigenvalue weighted by Gasteiger charge is -2.07. The van der Waals surface area contributed by atoms with Crippen LogP contribution in [0, 0.1) is 0 Å². The number of aromatic nitrogens is 4. The van der Waals surface area contributed by atoms with Gasteiger partial charge in [0, 0.05) is 6.54 Å². The monoisotopic (exact) mass is 258 g/mol. The molecule has 19 heavy (non-hydrogen) atoms. The van der Waals surface area contributed by atoms with Gasteiger partial charge in [-0.25, -0.2) is 4.98 Å². The molecular weight excluding hydrogens is 244 g/mol. The minimum atomic E-state index is 0.559. The van der Waals surface area contributed by atoms with Crippen LogP contribution in [0.15, 0.2) is 29.1 Å². The van der Waals surface area contributed by atoms with Gasteiger partial charge >= 0.3 is 0 Å². The van der Waals surface area contributed by atoms with Crippen molar-refractivity contribution in [1.29, 1.82) is 0 Å². The van der Waals surface area contributed by atoms with E-state index in [2.05, 4.69) is 30.6 Å². The molecular formula is C12H14N6O. The highest BCUT2D eigenvalue weighted by Crippen LogP contribution is 2.19. The van der Waals surface area contributed by atoms with Gasteiger partial charge in [-0.1, -0.05) is 0 Å². The van der Waals surface area contributed by atoms with Crippen LogP contribution in [0.25, 0.3) is 11.2 Å². The van der Waals surface area contributed by atoms with Crippen molar-refractivity contribution in [2.24, 2.45) is 0 Å². The lowest BCUT2D eigenvalue weighted by atomic mass is 10.4. The van der Waals surface area contributed by atoms with Gasteiger partial charge in [0.15, 0.2) is 11.5 Å². The first-order chi connectivity index (χ1) is 9.36. The molecule has 3 N–H and O–H groups in total. The molecule has 0 saturated heterocycles. The standard InChI is InChI=1S/C12H14N6O/c1-2-13-12-17-10(9-11(18-12)16-7-15-9)14-6-8-4-3-5-19-8/h3-5,7H,2,6H2,1H3,(H3,13,14,15,16,17,18). The average Bonchev–Trinajstić information content (AvgIpc) is 3.07. The van der Waals surface area contributed by atoms with E-state index in [0.29, 0.717) is 24.0 Å². The molecule has 0 unspecified atom stereocenters. The summed E-state index contributed by atoms with van der Waals surface area (Å²) in [5.41, 5.74) is 1.42. The molecule has 0 spiro atoms. The number of nitrogens with one attached hydrogen (secondary N) is 3. The van der Waals surface area contributed by atoms with E-state index in [0.717, 1.165) is 17.8 Å². The quantitative estimate of drug-likeness (QED) is 0.648. The maximum atomic E-state index is 5.28. The third-order valence-corrected chi connectivity index (χ3v) is 2.63. The first-order valence-electron chi connectivity index (χ1n) is 6.08. The van der Waals surface area contributed by atoms with E-state index in [1.807, 2.05) is 19.1 Å². The fourth-order valence-electron chi connectivity index (χ4n) is 1.78. The summed E-state index contributed by atoms with van der Waals surface area (Å²) in [6.07, 6.45) is 3.25. The second-order valence-electron chi connectivity index (χ2n) is 3.96. The van der Waals surface area contributed by atoms with Crippen molar-refractivity contribution >= 4 is 22.9 Å². The number of fused-ring (bicyclic) bond motifs is 1. The van der Waals surface area contributed by atoms with Crippen LogP contribution in [-0.4, -0.2) is 26.5 Å². The first-order valence-corrected chi connectivity index (χ1v) is 6.08. The molecule has 3 rings (SSSR count). The van der Waals surface area contributed by atoms with E-state index in [9.17, 15) is 0 Å². The second kappa shape index (κ2) is 4.97. The number of hydrogen-bond acceptors (Lipinski definition) is 6. The lowest BCUT2D eigenvalue weighted by molar-refractivity contribution is 0.518. The van der Waals surface area contributed by atoms with Gasteiger partial charge < -0.3 is 20.0 Å². The highest BCUT2D eigenvalue weighted by atomic mass is 16.3. The van der Waals surface area contributed by atoms with Crippen molar-refractivity contribution in [3.63, 3.8) is 0 Å². The first kappa shape index (κ1) is 11.5. The maximum Gasteiger partial charge on any atom is 0.226 e. The third kappa shape index (κ3) is 2.35. The van der Waals surface area contributed by atoms with Gasteiger partial charge in [-0.2, -0.15) is 9.97 Å². The molecule has 0 aliphatic rings. The Morgan fingerprint density at radius 3 is 3.05 bits per heavy atom. The molecule has 0 fully saturated rings. The fourth-order valence-corrected chi connectivity index (χ4v) is 1.78. The molecule has 98 valence electrons. The minimum Gasteiger partial charge on any atom is -0.467 e. The van der Waals surface area contributed by atoms with Gasteiger partial charge in [0.1, 0.15) is 11.3 Å². The Morgan fingerprint density at radius 2 is 2.26 bits per heavy atom. The minimum absolute atomic E-state index is 0.559. The topological polar surface area (TPSA) is 91.7 Å². The van der Waals surface area contributed by atoms with Crippen molar-refractivity contribution in [2.45, 2.75) is 13.5 Å². The molecule has 7 heteroatoms. The number of aromatic amines is 1. The van der Waals surface area contributed by atoms with Gasteiger partial charge in [0.2, 0.25) is 5.95 Å². The van der Waals surface area contributed by atoms with Gasteiger partial charge in [0.25, 0.3) is 0 Å². The predicted molar refractivity (Wildman–Crippen MR) is 71.9 cm³/mol. The highest BCUT2D eigenvalue weighted by Gasteiger charge is 2.09. The van der Waals surface area contributed by atoms with Crippen molar-refractivity contribution in [1.82, 2.24) is 19.9 Å². The average molecular weight is 258 g/mol. The van der Waals surface area contributed by atoms with Gasteiger partial charge in [-0.15, -0.1) is 0 Å². The van der Waals surface area contributed by atoms with Crippen LogP contribution in [0.4, 0.5) is 11.8 Å². The van der Waals surface area contributed by atoms with E-state index >= 15 is 0 Å². The zero-order valence-electron chi connectivity index (χ0n) is 10.5. The van der Waals surface area contributed by atoms with E-state index in [-0.39, 0.29) is 0 Å². The number of hydrogen-bond donors (Lipinski definition) is 3. The summed E-state index contributed by atoms with van der Waals surface area (Å²) in [6, 6.07) is 3.76. The molecule has 0 atom stereocenters. The summed E-state index contributed by atoms with van der Waals surface area (Å²) >= 11 is 0. The van der Waals surface area contributed by atoms with E-state index in [4.69, 9.17) is 4.42 Å². The maximum absolute atomic E-state index is 5.28. The van der Waals surface area contributed by atoms with Crippen LogP contribution < -0.4 is 10.6 Å². The largest absolute Gasteiger partial charge is 0.467 e. The molecule has 0 saturated carbocycles. The Morgan fingerprint density at radius 1 is 1.32 bits per heavy atom. The van der Waals surface area contributed by atoms with Crippen molar-refractivity contribution in [3.05, 3.63) is 30.5 Å². The van der Waals surface area contributed by atoms with Crippen molar-refractivity contribution in [3.8, 4) is 0 Å². The number of nitrogens with zero attached hydrogens (tertiary/aromatic N) is 3. The van der Waals surface area contributed by atoms with Crippen LogP contribution in [0.5, 0.6) is 0 Å². The van der Waals surface area contributed by atoms with Gasteiger partial charge in [-0.05, 0) is 19.1 Å². The van der Waals surface area contributed by atoms with E-state index in [1.165, 1.54) is 0 Å². The SMILES string of the molecule is CCNc1nc(NCc2ccco2)c2[nH]cnc2n1. The van der Waals surface area contributed by atoms with Crippen LogP contribution in [0.3, 0.4) is 0 Å². The molecule has 0 aliphatic carbocycles. The molecule has 3 aromatic heterocycles. The third-order valence-electron chi connectivity index (χ3n) is 2.63. The summed E-state index contributed by atoms with van der Waals surface area (Å²) in [5.74, 6) is 2.11. The van der Waals surface area contributed by atoms with Gasteiger partial charge in [-0.3, -0.25) is 0 Å². The molecule has 0 amide bonds. The Bertz CT molecular complexity index is 660. The second-order valence-corrected chi connectivity index (χ2v) is 3.96. The van der Waals surface area contributed by atoms with E-state index in [1.54, 1.807) is 12.6 Å². The number of furan rings is 1. The van der Waals surface area contributed by atoms with Crippen LogP contribution in [0.2, 0.25) is 0 Å². The number of rotatable bonds is 5. The number of H-pyrrole nitrogens is 1. The summed E-state index contributed by atoms with van der Waals surface area (Å²) in [7, 11) is 0. The molecule has 0 radical (unpaired) electrons. The molecule has 3 aromatic rings. The summed E-state index contributed by atoms with van der Waals surface area (Å²) in [6.45, 7) is 3.31. The van der Waals surface area contributed by atoms with Crippen LogP contribution in [0.1, 0.15) is 12.7 Å². The Kier molecular flexibility index (Phi) is 3.01. The Hall–Kier alpha value is -2.57. The summed E-state index contributed by atoms with van der Waals surface area (Å²) < 4.78 is 5.28. The molecule has 0 aliphatic heterocycles. The molecule has 0 aromatic carbocycles. The van der Waals surface area contributed by atoms with Crippen molar-refractivity contribution in [2.75, 3.05) is 17.2 Å². The van der Waals surface area contributed by atoms with E-state index < -0.39 is 0 Å². The molecule has 3 heterocycles. The molecule has 7 nitrogen and oxygen atoms in total. The summed E-state index contributed by atoms with van der Waals surface area (Å²) in [5, 5.41) is 6.30. The molecule has 0 bridgehead atoms. The highest BCUT2D eigenvalue weighted by molar-refractivity contribution is 5.83. The predicted octanol–water partition coefficient (Wildman–Crippen LogP) is 1.99. The lowest BCUT2D eigenvalue weighted by Crippen LogP contribution is -2.07. The van der Waals surface area contributed by atoms with Gasteiger partial charge in [0.05, 0.1) is 19.1 Å². The summed E-state index contributed by atoms with van der Waals surface area (Å²) in [4.78, 5) is 15.9. The normalized spacial score (nSPS) is 10.8. The zero-order chi connectivity index (χ0) is 13.1. The van der Waals surface area contributed by atoms with Crippen molar-refractivity contribution < 1.29 is 4.42 Å². The Labute approximate surface area is 109 Å². The van der Waals surface area contributed by atoms with Crippen LogP contribution in [-0.2, 0) is 6.54 Å². The van der Waals surface area contributed by atoms with Crippen LogP contribution >= 0.6 is 0 Å². The number of anilines is 2. The Balaban J connectivity index is 1.89. The zero-order valence-corrected chi connectivity index (χ0v) is 10.5. The fraction of sp³-hybridized carbons (Fsp3) is 0.250. The number of imidazole rings is 1. The smallest absolute Gasteiger partial charge is 0.226 e.